The number of carbonyl (C=O) groups is 5. The molecule has 0 radical (unpaired) electrons. The quantitative estimate of drug-likeness (QED) is 0.237. The third-order valence-electron chi connectivity index (χ3n) is 7.13. The molecule has 1 aliphatic heterocycles. The number of ether oxygens (including phenoxy) is 1. The number of para-hydroxylation sites is 2. The number of hydrogen-bond acceptors (Lipinski definition) is 7. The first kappa shape index (κ1) is 32.9. The third-order valence-corrected chi connectivity index (χ3v) is 7.13. The molecule has 10 nitrogen and oxygen atoms in total. The molecule has 0 saturated carbocycles. The zero-order chi connectivity index (χ0) is 32.4. The average Bonchev–Trinajstić information content (AvgIpc) is 3.10. The molecule has 1 unspecified atom stereocenters. The van der Waals surface area contributed by atoms with Gasteiger partial charge in [0, 0.05) is 19.5 Å². The van der Waals surface area contributed by atoms with Crippen LogP contribution in [0.1, 0.15) is 44.7 Å². The molecule has 0 bridgehead atoms. The number of anilines is 2. The highest BCUT2D eigenvalue weighted by molar-refractivity contribution is 6.06. The van der Waals surface area contributed by atoms with Gasteiger partial charge in [0.25, 0.3) is 5.91 Å². The molecule has 4 rings (SSSR count). The lowest BCUT2D eigenvalue weighted by atomic mass is 10.1. The van der Waals surface area contributed by atoms with E-state index >= 15 is 0 Å². The van der Waals surface area contributed by atoms with Crippen LogP contribution in [0.3, 0.4) is 0 Å². The molecular formula is C35H40N4O6. The van der Waals surface area contributed by atoms with Crippen molar-refractivity contribution in [1.29, 1.82) is 0 Å². The maximum absolute atomic E-state index is 14.1. The number of fused-ring (bicyclic) bond motifs is 1. The number of carbonyl (C=O) groups excluding carboxylic acids is 5. The number of aryl methyl sites for hydroxylation is 1. The summed E-state index contributed by atoms with van der Waals surface area (Å²) in [4.78, 5) is 67.9. The topological polar surface area (TPSA) is 125 Å². The fourth-order valence-electron chi connectivity index (χ4n) is 5.15. The predicted octanol–water partition coefficient (Wildman–Crippen LogP) is 3.57. The Morgan fingerprint density at radius 3 is 2.11 bits per heavy atom. The minimum atomic E-state index is -1.13. The minimum absolute atomic E-state index is 0.176. The van der Waals surface area contributed by atoms with E-state index < -0.39 is 42.0 Å². The first-order valence-electron chi connectivity index (χ1n) is 15.0. The van der Waals surface area contributed by atoms with Crippen molar-refractivity contribution in [2.45, 2.75) is 64.3 Å². The molecule has 3 amide bonds. The number of esters is 1. The van der Waals surface area contributed by atoms with E-state index in [1.807, 2.05) is 77.7 Å². The number of benzene rings is 3. The summed E-state index contributed by atoms with van der Waals surface area (Å²) in [6.07, 6.45) is 0.823. The summed E-state index contributed by atoms with van der Waals surface area (Å²) < 4.78 is 5.28. The minimum Gasteiger partial charge on any atom is -0.460 e. The first-order chi connectivity index (χ1) is 21.5. The summed E-state index contributed by atoms with van der Waals surface area (Å²) in [5.74, 6) is -2.02. The zero-order valence-electron chi connectivity index (χ0n) is 25.9. The van der Waals surface area contributed by atoms with Crippen molar-refractivity contribution in [1.82, 2.24) is 10.6 Å². The zero-order valence-corrected chi connectivity index (χ0v) is 25.9. The lowest BCUT2D eigenvalue weighted by Crippen LogP contribution is -2.54. The Morgan fingerprint density at radius 2 is 1.49 bits per heavy atom. The molecule has 2 atom stereocenters. The van der Waals surface area contributed by atoms with Gasteiger partial charge in [0.2, 0.25) is 11.8 Å². The Bertz CT molecular complexity index is 1490. The van der Waals surface area contributed by atoms with Gasteiger partial charge in [0.1, 0.15) is 24.5 Å². The second-order valence-corrected chi connectivity index (χ2v) is 12.0. The lowest BCUT2D eigenvalue weighted by molar-refractivity contribution is -0.156. The summed E-state index contributed by atoms with van der Waals surface area (Å²) in [5, 5.41) is 5.46. The van der Waals surface area contributed by atoms with Crippen molar-refractivity contribution in [3.05, 3.63) is 96.1 Å². The standard InChI is InChI=1S/C35H40N4O6/c1-35(2,3)45-33(43)20-27(24-40)36-32(42)23-39-30-17-11-10-16-29(30)38(21-26-14-8-5-9-15-26)22-28(34(39)44)37-31(41)19-18-25-12-6-4-7-13-25/h4-17,24,27-28H,18-23H2,1-3H3,(H,36,42)(H,37,41)/t27?,28-/m0/s1. The lowest BCUT2D eigenvalue weighted by Gasteiger charge is -2.27. The largest absolute Gasteiger partial charge is 0.460 e. The Kier molecular flexibility index (Phi) is 11.1. The number of nitrogens with zero attached hydrogens (tertiary/aromatic N) is 2. The van der Waals surface area contributed by atoms with E-state index in [9.17, 15) is 24.0 Å². The van der Waals surface area contributed by atoms with Crippen LogP contribution in [0.5, 0.6) is 0 Å². The van der Waals surface area contributed by atoms with E-state index in [4.69, 9.17) is 4.74 Å². The maximum atomic E-state index is 14.1. The summed E-state index contributed by atoms with van der Waals surface area (Å²) >= 11 is 0. The monoisotopic (exact) mass is 612 g/mol. The van der Waals surface area contributed by atoms with Gasteiger partial charge in [-0.1, -0.05) is 72.8 Å². The number of hydrogen-bond donors (Lipinski definition) is 2. The van der Waals surface area contributed by atoms with Crippen LogP contribution in [-0.4, -0.2) is 60.8 Å². The summed E-state index contributed by atoms with van der Waals surface area (Å²) in [5.41, 5.74) is 2.47. The molecule has 1 aliphatic rings. The number of nitrogens with one attached hydrogen (secondary N) is 2. The molecule has 236 valence electrons. The molecule has 3 aromatic rings. The van der Waals surface area contributed by atoms with Crippen LogP contribution in [0.2, 0.25) is 0 Å². The second-order valence-electron chi connectivity index (χ2n) is 12.0. The van der Waals surface area contributed by atoms with Gasteiger partial charge in [-0.15, -0.1) is 0 Å². The van der Waals surface area contributed by atoms with E-state index in [1.54, 1.807) is 32.9 Å². The van der Waals surface area contributed by atoms with Crippen LogP contribution < -0.4 is 20.4 Å². The molecule has 0 aromatic heterocycles. The summed E-state index contributed by atoms with van der Waals surface area (Å²) in [6.45, 7) is 5.34. The molecule has 10 heteroatoms. The summed E-state index contributed by atoms with van der Waals surface area (Å²) in [6, 6.07) is 24.5. The molecule has 45 heavy (non-hydrogen) atoms. The third kappa shape index (κ3) is 9.76. The van der Waals surface area contributed by atoms with Crippen molar-refractivity contribution in [2.75, 3.05) is 22.9 Å². The normalized spacial score (nSPS) is 15.4. The highest BCUT2D eigenvalue weighted by atomic mass is 16.6. The van der Waals surface area contributed by atoms with Crippen LogP contribution in [0.25, 0.3) is 0 Å². The molecule has 3 aromatic carbocycles. The average molecular weight is 613 g/mol. The molecule has 0 aliphatic carbocycles. The number of aldehydes is 1. The van der Waals surface area contributed by atoms with Crippen LogP contribution in [0, 0.1) is 0 Å². The van der Waals surface area contributed by atoms with E-state index in [1.165, 1.54) is 4.90 Å². The second kappa shape index (κ2) is 15.1. The van der Waals surface area contributed by atoms with Crippen molar-refractivity contribution < 1.29 is 28.7 Å². The van der Waals surface area contributed by atoms with Gasteiger partial charge in [-0.3, -0.25) is 24.1 Å². The number of amides is 3. The van der Waals surface area contributed by atoms with Crippen molar-refractivity contribution in [3.63, 3.8) is 0 Å². The predicted molar refractivity (Wildman–Crippen MR) is 171 cm³/mol. The van der Waals surface area contributed by atoms with E-state index in [-0.39, 0.29) is 25.3 Å². The van der Waals surface area contributed by atoms with Gasteiger partial charge in [-0.2, -0.15) is 0 Å². The highest BCUT2D eigenvalue weighted by Gasteiger charge is 2.36. The Balaban J connectivity index is 1.57. The maximum Gasteiger partial charge on any atom is 0.308 e. The fraction of sp³-hybridized carbons (Fsp3) is 0.343. The smallest absolute Gasteiger partial charge is 0.308 e. The van der Waals surface area contributed by atoms with Crippen molar-refractivity contribution in [3.8, 4) is 0 Å². The van der Waals surface area contributed by atoms with Gasteiger partial charge in [0.05, 0.1) is 23.8 Å². The SMILES string of the molecule is CC(C)(C)OC(=O)CC(C=O)NC(=O)CN1C(=O)[C@@H](NC(=O)CCc2ccccc2)CN(Cc2ccccc2)c2ccccc21. The van der Waals surface area contributed by atoms with Gasteiger partial charge < -0.3 is 25.1 Å². The van der Waals surface area contributed by atoms with Gasteiger partial charge in [0.15, 0.2) is 0 Å². The molecular weight excluding hydrogens is 572 g/mol. The molecule has 1 heterocycles. The van der Waals surface area contributed by atoms with E-state index in [0.29, 0.717) is 30.6 Å². The Morgan fingerprint density at radius 1 is 0.889 bits per heavy atom. The Hall–Kier alpha value is -4.99. The van der Waals surface area contributed by atoms with Crippen molar-refractivity contribution in [2.24, 2.45) is 0 Å². The van der Waals surface area contributed by atoms with Crippen LogP contribution >= 0.6 is 0 Å². The molecule has 0 fully saturated rings. The van der Waals surface area contributed by atoms with Gasteiger partial charge in [-0.25, -0.2) is 0 Å². The Labute approximate surface area is 263 Å². The van der Waals surface area contributed by atoms with Crippen LogP contribution in [-0.2, 0) is 41.7 Å². The molecule has 2 N–H and O–H groups in total. The number of rotatable bonds is 12. The molecule has 0 spiro atoms. The van der Waals surface area contributed by atoms with Gasteiger partial charge >= 0.3 is 5.97 Å². The molecule has 0 saturated heterocycles. The van der Waals surface area contributed by atoms with Gasteiger partial charge in [-0.05, 0) is 50.5 Å². The summed E-state index contributed by atoms with van der Waals surface area (Å²) in [7, 11) is 0. The first-order valence-corrected chi connectivity index (χ1v) is 15.0. The highest BCUT2D eigenvalue weighted by Crippen LogP contribution is 2.33. The van der Waals surface area contributed by atoms with Crippen LogP contribution in [0.15, 0.2) is 84.9 Å². The van der Waals surface area contributed by atoms with E-state index in [2.05, 4.69) is 10.6 Å². The van der Waals surface area contributed by atoms with Crippen LogP contribution in [0.4, 0.5) is 11.4 Å². The fourth-order valence-corrected chi connectivity index (χ4v) is 5.15. The van der Waals surface area contributed by atoms with Crippen molar-refractivity contribution >= 4 is 41.4 Å². The van der Waals surface area contributed by atoms with E-state index in [0.717, 1.165) is 11.1 Å².